The highest BCUT2D eigenvalue weighted by atomic mass is 79.9. The summed E-state index contributed by atoms with van der Waals surface area (Å²) in [4.78, 5) is 29.9. The maximum Gasteiger partial charge on any atom is 0.264 e. The number of nitrogens with zero attached hydrogens (tertiary/aromatic N) is 2. The average molecular weight is 723 g/mol. The van der Waals surface area contributed by atoms with E-state index in [1.807, 2.05) is 68.4 Å². The summed E-state index contributed by atoms with van der Waals surface area (Å²) < 4.78 is 41.2. The van der Waals surface area contributed by atoms with Crippen LogP contribution in [0.4, 0.5) is 5.69 Å². The number of ether oxygens (including phenoxy) is 2. The molecule has 47 heavy (non-hydrogen) atoms. The van der Waals surface area contributed by atoms with Crippen LogP contribution in [0.25, 0.3) is 0 Å². The molecule has 0 aromatic heterocycles. The molecule has 0 radical (unpaired) electrons. The minimum atomic E-state index is -4.30. The smallest absolute Gasteiger partial charge is 0.264 e. The van der Waals surface area contributed by atoms with Crippen LogP contribution in [0.5, 0.6) is 11.5 Å². The number of hydrogen-bond donors (Lipinski definition) is 1. The van der Waals surface area contributed by atoms with Gasteiger partial charge in [0.25, 0.3) is 10.0 Å². The first-order chi connectivity index (χ1) is 22.6. The molecule has 0 bridgehead atoms. The fourth-order valence-corrected chi connectivity index (χ4v) is 6.70. The summed E-state index contributed by atoms with van der Waals surface area (Å²) in [6.07, 6.45) is 0.939. The van der Waals surface area contributed by atoms with Crippen molar-refractivity contribution in [1.29, 1.82) is 0 Å². The number of amides is 2. The summed E-state index contributed by atoms with van der Waals surface area (Å²) in [5.41, 5.74) is 1.94. The van der Waals surface area contributed by atoms with Crippen LogP contribution in [-0.2, 0) is 32.6 Å². The lowest BCUT2D eigenvalue weighted by molar-refractivity contribution is -0.140. The number of carbonyl (C=O) groups excluding carboxylic acids is 2. The van der Waals surface area contributed by atoms with Gasteiger partial charge in [-0.05, 0) is 60.9 Å². The van der Waals surface area contributed by atoms with Crippen molar-refractivity contribution in [2.24, 2.45) is 0 Å². The van der Waals surface area contributed by atoms with Gasteiger partial charge in [0.15, 0.2) is 11.5 Å². The van der Waals surface area contributed by atoms with E-state index < -0.39 is 28.5 Å². The van der Waals surface area contributed by atoms with Crippen molar-refractivity contribution in [3.63, 3.8) is 0 Å². The number of nitrogens with one attached hydrogen (secondary N) is 1. The van der Waals surface area contributed by atoms with Crippen molar-refractivity contribution in [2.45, 2.75) is 50.2 Å². The van der Waals surface area contributed by atoms with Crippen LogP contribution in [-0.4, -0.2) is 58.0 Å². The molecule has 11 heteroatoms. The maximum absolute atomic E-state index is 14.6. The van der Waals surface area contributed by atoms with Crippen LogP contribution in [0, 0.1) is 0 Å². The summed E-state index contributed by atoms with van der Waals surface area (Å²) in [5.74, 6) is -0.260. The van der Waals surface area contributed by atoms with E-state index in [1.165, 1.54) is 37.3 Å². The lowest BCUT2D eigenvalue weighted by Crippen LogP contribution is -2.54. The Kier molecular flexibility index (Phi) is 12.4. The number of benzene rings is 4. The third kappa shape index (κ3) is 9.14. The molecule has 0 heterocycles. The molecule has 0 unspecified atom stereocenters. The van der Waals surface area contributed by atoms with E-state index in [4.69, 9.17) is 9.47 Å². The molecule has 4 aromatic rings. The molecule has 0 aliphatic heterocycles. The number of rotatable bonds is 15. The zero-order valence-corrected chi connectivity index (χ0v) is 29.3. The second kappa shape index (κ2) is 16.5. The molecule has 0 aliphatic rings. The Morgan fingerprint density at radius 2 is 1.45 bits per heavy atom. The first kappa shape index (κ1) is 35.5. The largest absolute Gasteiger partial charge is 0.493 e. The molecule has 0 saturated heterocycles. The number of halogens is 1. The highest BCUT2D eigenvalue weighted by molar-refractivity contribution is 9.10. The first-order valence-corrected chi connectivity index (χ1v) is 17.5. The summed E-state index contributed by atoms with van der Waals surface area (Å²) in [6, 6.07) is 28.6. The fourth-order valence-electron chi connectivity index (χ4n) is 5.01. The Hall–Kier alpha value is -4.35. The quantitative estimate of drug-likeness (QED) is 0.156. The lowest BCUT2D eigenvalue weighted by atomic mass is 10.0. The maximum atomic E-state index is 14.6. The highest BCUT2D eigenvalue weighted by Crippen LogP contribution is 2.32. The van der Waals surface area contributed by atoms with E-state index in [9.17, 15) is 18.0 Å². The fraction of sp³-hybridized carbons (Fsp3) is 0.278. The van der Waals surface area contributed by atoms with Gasteiger partial charge in [-0.25, -0.2) is 8.42 Å². The van der Waals surface area contributed by atoms with Gasteiger partial charge < -0.3 is 19.7 Å². The Morgan fingerprint density at radius 3 is 2.04 bits per heavy atom. The molecular weight excluding hydrogens is 682 g/mol. The molecule has 2 atom stereocenters. The number of carbonyl (C=O) groups is 2. The van der Waals surface area contributed by atoms with Crippen LogP contribution < -0.4 is 19.1 Å². The molecule has 248 valence electrons. The minimum Gasteiger partial charge on any atom is -0.493 e. The van der Waals surface area contributed by atoms with Crippen molar-refractivity contribution in [2.75, 3.05) is 25.1 Å². The number of sulfonamides is 1. The highest BCUT2D eigenvalue weighted by Gasteiger charge is 2.35. The number of hydrogen-bond acceptors (Lipinski definition) is 6. The van der Waals surface area contributed by atoms with E-state index in [2.05, 4.69) is 21.2 Å². The Balaban J connectivity index is 1.81. The standard InChI is InChI=1S/C36H40BrN3O6S/c1-5-26(2)38-36(42)32(22-27-12-8-6-9-13-27)39(24-28-16-18-29(37)19-17-28)35(41)25-40(30-14-10-7-11-15-30)47(43,44)31-20-21-33(45-3)34(23-31)46-4/h6-21,23,26,32H,5,22,24-25H2,1-4H3,(H,38,42)/t26-,32-/m1/s1. The van der Waals surface area contributed by atoms with Gasteiger partial charge in [0, 0.05) is 29.5 Å². The van der Waals surface area contributed by atoms with Gasteiger partial charge in [0.1, 0.15) is 12.6 Å². The van der Waals surface area contributed by atoms with Crippen LogP contribution in [0.1, 0.15) is 31.4 Å². The topological polar surface area (TPSA) is 105 Å². The summed E-state index contributed by atoms with van der Waals surface area (Å²) >= 11 is 3.46. The zero-order valence-electron chi connectivity index (χ0n) is 26.9. The van der Waals surface area contributed by atoms with Gasteiger partial charge in [0.2, 0.25) is 11.8 Å². The van der Waals surface area contributed by atoms with Crippen LogP contribution in [0.15, 0.2) is 112 Å². The van der Waals surface area contributed by atoms with Gasteiger partial charge in [-0.15, -0.1) is 0 Å². The SMILES string of the molecule is CC[C@@H](C)NC(=O)[C@@H](Cc1ccccc1)N(Cc1ccc(Br)cc1)C(=O)CN(c1ccccc1)S(=O)(=O)c1ccc(OC)c(OC)c1. The van der Waals surface area contributed by atoms with Gasteiger partial charge in [-0.2, -0.15) is 0 Å². The summed E-state index contributed by atoms with van der Waals surface area (Å²) in [7, 11) is -1.42. The van der Waals surface area contributed by atoms with Gasteiger partial charge in [-0.1, -0.05) is 83.5 Å². The molecular formula is C36H40BrN3O6S. The predicted octanol–water partition coefficient (Wildman–Crippen LogP) is 6.22. The van der Waals surface area contributed by atoms with Gasteiger partial charge in [-0.3, -0.25) is 13.9 Å². The molecule has 0 aliphatic carbocycles. The van der Waals surface area contributed by atoms with Crippen LogP contribution >= 0.6 is 15.9 Å². The predicted molar refractivity (Wildman–Crippen MR) is 187 cm³/mol. The summed E-state index contributed by atoms with van der Waals surface area (Å²) in [6.45, 7) is 3.40. The molecule has 0 fully saturated rings. The van der Waals surface area contributed by atoms with E-state index in [-0.39, 0.29) is 35.6 Å². The Morgan fingerprint density at radius 1 is 0.830 bits per heavy atom. The molecule has 4 rings (SSSR count). The second-order valence-electron chi connectivity index (χ2n) is 11.0. The van der Waals surface area contributed by atoms with Crippen LogP contribution in [0.3, 0.4) is 0 Å². The van der Waals surface area contributed by atoms with Gasteiger partial charge in [0.05, 0.1) is 24.8 Å². The molecule has 0 saturated carbocycles. The first-order valence-electron chi connectivity index (χ1n) is 15.2. The summed E-state index contributed by atoms with van der Waals surface area (Å²) in [5, 5.41) is 3.05. The van der Waals surface area contributed by atoms with Gasteiger partial charge >= 0.3 is 0 Å². The third-order valence-electron chi connectivity index (χ3n) is 7.80. The van der Waals surface area contributed by atoms with Crippen LogP contribution in [0.2, 0.25) is 0 Å². The van der Waals surface area contributed by atoms with Crippen molar-refractivity contribution in [3.8, 4) is 11.5 Å². The van der Waals surface area contributed by atoms with E-state index >= 15 is 0 Å². The van der Waals surface area contributed by atoms with E-state index in [1.54, 1.807) is 30.3 Å². The lowest BCUT2D eigenvalue weighted by Gasteiger charge is -2.34. The number of para-hydroxylation sites is 1. The number of methoxy groups -OCH3 is 2. The van der Waals surface area contributed by atoms with Crippen molar-refractivity contribution in [1.82, 2.24) is 10.2 Å². The molecule has 2 amide bonds. The van der Waals surface area contributed by atoms with Crippen molar-refractivity contribution in [3.05, 3.63) is 119 Å². The molecule has 1 N–H and O–H groups in total. The second-order valence-corrected chi connectivity index (χ2v) is 13.8. The molecule has 4 aromatic carbocycles. The van der Waals surface area contributed by atoms with Crippen molar-refractivity contribution >= 4 is 43.5 Å². The normalized spacial score (nSPS) is 12.4. The Labute approximate surface area is 285 Å². The monoisotopic (exact) mass is 721 g/mol. The van der Waals surface area contributed by atoms with E-state index in [0.29, 0.717) is 17.9 Å². The molecule has 9 nitrogen and oxygen atoms in total. The van der Waals surface area contributed by atoms with E-state index in [0.717, 1.165) is 19.9 Å². The third-order valence-corrected chi connectivity index (χ3v) is 10.1. The average Bonchev–Trinajstić information content (AvgIpc) is 3.09. The molecule has 0 spiro atoms. The zero-order chi connectivity index (χ0) is 34.0. The number of anilines is 1. The Bertz CT molecular complexity index is 1740. The minimum absolute atomic E-state index is 0.0799. The van der Waals surface area contributed by atoms with Crippen molar-refractivity contribution < 1.29 is 27.5 Å².